The van der Waals surface area contributed by atoms with Crippen LogP contribution in [0.1, 0.15) is 13.8 Å². The average Bonchev–Trinajstić information content (AvgIpc) is 2.43. The lowest BCUT2D eigenvalue weighted by molar-refractivity contribution is 0.588. The highest BCUT2D eigenvalue weighted by Gasteiger charge is 2.23. The van der Waals surface area contributed by atoms with Gasteiger partial charge in [-0.1, -0.05) is 23.7 Å². The van der Waals surface area contributed by atoms with E-state index in [1.807, 2.05) is 0 Å². The van der Waals surface area contributed by atoms with Gasteiger partial charge in [0.05, 0.1) is 15.8 Å². The molecule has 0 fully saturated rings. The van der Waals surface area contributed by atoms with Crippen LogP contribution in [0.15, 0.2) is 29.2 Å². The van der Waals surface area contributed by atoms with Gasteiger partial charge >= 0.3 is 0 Å². The van der Waals surface area contributed by atoms with Crippen LogP contribution in [-0.2, 0) is 9.84 Å². The highest BCUT2D eigenvalue weighted by atomic mass is 35.5. The molecule has 21 heavy (non-hydrogen) atoms. The normalized spacial score (nSPS) is 11.7. The zero-order valence-electron chi connectivity index (χ0n) is 11.2. The summed E-state index contributed by atoms with van der Waals surface area (Å²) in [5, 5.41) is 9.29. The maximum absolute atomic E-state index is 12.3. The summed E-state index contributed by atoms with van der Waals surface area (Å²) in [6.07, 6.45) is 0. The van der Waals surface area contributed by atoms with Crippen molar-refractivity contribution in [3.63, 3.8) is 0 Å². The second-order valence-electron chi connectivity index (χ2n) is 4.44. The number of hydrogen-bond acceptors (Lipinski definition) is 6. The van der Waals surface area contributed by atoms with E-state index in [1.165, 1.54) is 6.07 Å². The summed E-state index contributed by atoms with van der Waals surface area (Å²) in [5.74, 6) is 0.142. The third kappa shape index (κ3) is 3.42. The van der Waals surface area contributed by atoms with Crippen molar-refractivity contribution in [3.8, 4) is 0 Å². The number of para-hydroxylation sites is 1. The third-order valence-electron chi connectivity index (χ3n) is 2.69. The van der Waals surface area contributed by atoms with E-state index in [9.17, 15) is 8.42 Å². The molecule has 2 aromatic rings. The number of nitrogens with one attached hydrogen (secondary N) is 1. The summed E-state index contributed by atoms with van der Waals surface area (Å²) in [5.41, 5.74) is 0.352. The Morgan fingerprint density at radius 3 is 2.48 bits per heavy atom. The van der Waals surface area contributed by atoms with Crippen LogP contribution in [-0.4, -0.2) is 28.8 Å². The van der Waals surface area contributed by atoms with Gasteiger partial charge in [-0.3, -0.25) is 0 Å². The highest BCUT2D eigenvalue weighted by molar-refractivity contribution is 7.92. The molecule has 0 bridgehead atoms. The van der Waals surface area contributed by atoms with E-state index in [1.54, 1.807) is 32.0 Å². The number of halogens is 2. The van der Waals surface area contributed by atoms with Crippen LogP contribution in [0.3, 0.4) is 0 Å². The third-order valence-corrected chi connectivity index (χ3v) is 5.31. The van der Waals surface area contributed by atoms with E-state index in [0.29, 0.717) is 5.69 Å². The SMILES string of the molecule is CC(C)S(=O)(=O)c1ccccc1Nc1nc(Cl)nnc1Cl. The van der Waals surface area contributed by atoms with Crippen molar-refractivity contribution in [2.24, 2.45) is 0 Å². The molecule has 0 saturated heterocycles. The summed E-state index contributed by atoms with van der Waals surface area (Å²) in [7, 11) is -3.45. The van der Waals surface area contributed by atoms with Gasteiger partial charge in [-0.15, -0.1) is 10.2 Å². The number of nitrogens with zero attached hydrogens (tertiary/aromatic N) is 3. The van der Waals surface area contributed by atoms with Gasteiger partial charge in [-0.2, -0.15) is 4.98 Å². The topological polar surface area (TPSA) is 84.8 Å². The van der Waals surface area contributed by atoms with Gasteiger partial charge in [-0.25, -0.2) is 8.42 Å². The Bertz CT molecular complexity index is 766. The Morgan fingerprint density at radius 2 is 1.81 bits per heavy atom. The molecular weight excluding hydrogens is 335 g/mol. The molecule has 1 N–H and O–H groups in total. The van der Waals surface area contributed by atoms with Gasteiger partial charge in [0.15, 0.2) is 20.8 Å². The number of aromatic nitrogens is 3. The van der Waals surface area contributed by atoms with E-state index >= 15 is 0 Å². The monoisotopic (exact) mass is 346 g/mol. The fourth-order valence-corrected chi connectivity index (χ4v) is 3.02. The molecule has 1 aromatic carbocycles. The summed E-state index contributed by atoms with van der Waals surface area (Å²) < 4.78 is 24.7. The molecular formula is C12H12Cl2N4O2S. The minimum absolute atomic E-state index is 0.00357. The van der Waals surface area contributed by atoms with Crippen molar-refractivity contribution >= 4 is 44.5 Å². The van der Waals surface area contributed by atoms with E-state index < -0.39 is 15.1 Å². The number of hydrogen-bond donors (Lipinski definition) is 1. The summed E-state index contributed by atoms with van der Waals surface area (Å²) >= 11 is 11.5. The van der Waals surface area contributed by atoms with Crippen molar-refractivity contribution in [3.05, 3.63) is 34.7 Å². The van der Waals surface area contributed by atoms with E-state index in [-0.39, 0.29) is 21.2 Å². The second kappa shape index (κ2) is 6.13. The number of anilines is 2. The Morgan fingerprint density at radius 1 is 1.14 bits per heavy atom. The first-order valence-corrected chi connectivity index (χ1v) is 8.28. The molecule has 0 radical (unpaired) electrons. The minimum Gasteiger partial charge on any atom is -0.336 e. The predicted octanol–water partition coefficient (Wildman–Crippen LogP) is 3.10. The van der Waals surface area contributed by atoms with Crippen LogP contribution >= 0.6 is 23.2 Å². The average molecular weight is 347 g/mol. The number of rotatable bonds is 4. The van der Waals surface area contributed by atoms with Gasteiger partial charge in [-0.05, 0) is 37.6 Å². The molecule has 1 heterocycles. The Kier molecular flexibility index (Phi) is 4.65. The Balaban J connectivity index is 2.49. The second-order valence-corrected chi connectivity index (χ2v) is 7.60. The molecule has 0 amide bonds. The standard InChI is InChI=1S/C12H12Cl2N4O2S/c1-7(2)21(19,20)9-6-4-3-5-8(9)15-11-10(13)17-18-12(14)16-11/h3-7H,1-2H3,(H,15,16,18). The van der Waals surface area contributed by atoms with E-state index in [2.05, 4.69) is 20.5 Å². The first-order valence-electron chi connectivity index (χ1n) is 5.98. The van der Waals surface area contributed by atoms with Crippen LogP contribution in [0.2, 0.25) is 10.4 Å². The van der Waals surface area contributed by atoms with E-state index in [0.717, 1.165) is 0 Å². The minimum atomic E-state index is -3.45. The Labute approximate surface area is 132 Å². The lowest BCUT2D eigenvalue weighted by Gasteiger charge is -2.14. The van der Waals surface area contributed by atoms with Crippen molar-refractivity contribution < 1.29 is 8.42 Å². The summed E-state index contributed by atoms with van der Waals surface area (Å²) in [6, 6.07) is 6.47. The molecule has 1 aromatic heterocycles. The summed E-state index contributed by atoms with van der Waals surface area (Å²) in [4.78, 5) is 4.05. The van der Waals surface area contributed by atoms with Gasteiger partial charge in [0.25, 0.3) is 0 Å². The van der Waals surface area contributed by atoms with Gasteiger partial charge in [0.2, 0.25) is 5.28 Å². The van der Waals surface area contributed by atoms with Crippen LogP contribution in [0.4, 0.5) is 11.5 Å². The molecule has 0 aliphatic carbocycles. The summed E-state index contributed by atoms with van der Waals surface area (Å²) in [6.45, 7) is 3.23. The molecule has 0 aliphatic heterocycles. The molecule has 9 heteroatoms. The van der Waals surface area contributed by atoms with Crippen LogP contribution < -0.4 is 5.32 Å². The van der Waals surface area contributed by atoms with Crippen LogP contribution in [0, 0.1) is 0 Å². The van der Waals surface area contributed by atoms with Crippen LogP contribution in [0.5, 0.6) is 0 Å². The van der Waals surface area contributed by atoms with Gasteiger partial charge in [0, 0.05) is 0 Å². The quantitative estimate of drug-likeness (QED) is 0.915. The molecule has 6 nitrogen and oxygen atoms in total. The van der Waals surface area contributed by atoms with Crippen molar-refractivity contribution in [2.75, 3.05) is 5.32 Å². The molecule has 0 unspecified atom stereocenters. The zero-order chi connectivity index (χ0) is 15.6. The molecule has 2 rings (SSSR count). The largest absolute Gasteiger partial charge is 0.336 e. The van der Waals surface area contributed by atoms with Crippen molar-refractivity contribution in [1.29, 1.82) is 0 Å². The predicted molar refractivity (Wildman–Crippen MR) is 81.9 cm³/mol. The van der Waals surface area contributed by atoms with Gasteiger partial charge in [0.1, 0.15) is 0 Å². The number of benzene rings is 1. The van der Waals surface area contributed by atoms with E-state index in [4.69, 9.17) is 23.2 Å². The maximum atomic E-state index is 12.3. The molecule has 0 saturated carbocycles. The molecule has 0 spiro atoms. The highest BCUT2D eigenvalue weighted by Crippen LogP contribution is 2.29. The Hall–Kier alpha value is -1.44. The molecule has 0 atom stereocenters. The molecule has 0 aliphatic rings. The fraction of sp³-hybridized carbons (Fsp3) is 0.250. The fourth-order valence-electron chi connectivity index (χ4n) is 1.57. The molecule has 112 valence electrons. The first kappa shape index (κ1) is 15.9. The smallest absolute Gasteiger partial charge is 0.245 e. The lowest BCUT2D eigenvalue weighted by atomic mass is 10.3. The zero-order valence-corrected chi connectivity index (χ0v) is 13.5. The van der Waals surface area contributed by atoms with Crippen molar-refractivity contribution in [1.82, 2.24) is 15.2 Å². The van der Waals surface area contributed by atoms with Gasteiger partial charge < -0.3 is 5.32 Å². The lowest BCUT2D eigenvalue weighted by Crippen LogP contribution is -2.15. The maximum Gasteiger partial charge on any atom is 0.245 e. The van der Waals surface area contributed by atoms with Crippen molar-refractivity contribution in [2.45, 2.75) is 24.0 Å². The number of sulfone groups is 1. The van der Waals surface area contributed by atoms with Crippen LogP contribution in [0.25, 0.3) is 0 Å². The first-order chi connectivity index (χ1) is 9.82.